The van der Waals surface area contributed by atoms with Crippen LogP contribution in [0.15, 0.2) is 85.1 Å². The second-order valence-corrected chi connectivity index (χ2v) is 16.4. The molecule has 0 saturated carbocycles. The summed E-state index contributed by atoms with van der Waals surface area (Å²) in [6.45, 7) is 4.60. The molecule has 54 heavy (non-hydrogen) atoms. The standard InChI is InChI=1S/C45H79N2O6P/c1-6-8-10-12-14-16-18-20-21-22-23-24-25-27-29-31-33-35-37-39-45(49)46-43(42-53-54(50,51)52-41-40-47(3,4)5)44(48)38-36-34-32-30-28-26-19-17-15-13-11-9-7-2/h8,10,14,16,20-21,23-24,27,29,33,35-36,38,43-44,48H,6-7,9,11-13,15,17-19,22,25-26,28,30-32,34,37,39-42H2,1-5H3,(H-,46,49,50,51)/p+1/b10-8-,16-14-,21-20-,24-23-,29-27-,35-33-,38-36+. The number of phosphoric acid groups is 1. The van der Waals surface area contributed by atoms with E-state index in [1.54, 1.807) is 6.08 Å². The van der Waals surface area contributed by atoms with Crippen molar-refractivity contribution >= 4 is 13.7 Å². The number of aliphatic hydroxyl groups excluding tert-OH is 1. The SMILES string of the molecule is CC/C=C\C/C=C\C/C=C\C/C=C\C/C=C\C/C=C\CCC(=O)NC(COP(=O)(O)OCC[N+](C)(C)C)C(O)/C=C/CCCCCCCCCCCCC. The molecule has 3 unspecified atom stereocenters. The largest absolute Gasteiger partial charge is 0.472 e. The Bertz CT molecular complexity index is 1150. The number of quaternary nitrogens is 1. The number of aliphatic hydroxyl groups is 1. The molecule has 0 aromatic carbocycles. The molecule has 0 fully saturated rings. The molecule has 0 spiro atoms. The molecule has 0 bridgehead atoms. The van der Waals surface area contributed by atoms with Crippen LogP contribution < -0.4 is 5.32 Å². The van der Waals surface area contributed by atoms with Gasteiger partial charge in [-0.05, 0) is 57.8 Å². The number of allylic oxidation sites excluding steroid dienone is 13. The molecule has 0 rings (SSSR count). The number of unbranched alkanes of at least 4 members (excludes halogenated alkanes) is 11. The zero-order chi connectivity index (χ0) is 40.0. The number of nitrogens with one attached hydrogen (secondary N) is 1. The van der Waals surface area contributed by atoms with Crippen molar-refractivity contribution in [3.05, 3.63) is 85.1 Å². The van der Waals surface area contributed by atoms with E-state index in [1.807, 2.05) is 39.4 Å². The summed E-state index contributed by atoms with van der Waals surface area (Å²) in [5.41, 5.74) is 0. The van der Waals surface area contributed by atoms with E-state index in [4.69, 9.17) is 9.05 Å². The van der Waals surface area contributed by atoms with Crippen molar-refractivity contribution in [1.29, 1.82) is 0 Å². The third kappa shape index (κ3) is 38.0. The first-order valence-corrected chi connectivity index (χ1v) is 22.5. The number of hydrogen-bond donors (Lipinski definition) is 3. The fourth-order valence-electron chi connectivity index (χ4n) is 5.30. The lowest BCUT2D eigenvalue weighted by molar-refractivity contribution is -0.870. The summed E-state index contributed by atoms with van der Waals surface area (Å²) in [6.07, 6.45) is 49.5. The summed E-state index contributed by atoms with van der Waals surface area (Å²) < 4.78 is 23.5. The van der Waals surface area contributed by atoms with Crippen molar-refractivity contribution in [2.45, 2.75) is 154 Å². The third-order valence-corrected chi connectivity index (χ3v) is 9.62. The van der Waals surface area contributed by atoms with Crippen molar-refractivity contribution < 1.29 is 32.9 Å². The quantitative estimate of drug-likeness (QED) is 0.0253. The Hall–Kier alpha value is -2.32. The maximum Gasteiger partial charge on any atom is 0.472 e. The van der Waals surface area contributed by atoms with Gasteiger partial charge >= 0.3 is 7.82 Å². The Morgan fingerprint density at radius 1 is 0.648 bits per heavy atom. The Balaban J connectivity index is 4.63. The summed E-state index contributed by atoms with van der Waals surface area (Å²) in [5.74, 6) is -0.264. The number of amides is 1. The van der Waals surface area contributed by atoms with Crippen LogP contribution in [0.4, 0.5) is 0 Å². The van der Waals surface area contributed by atoms with E-state index in [9.17, 15) is 19.4 Å². The topological polar surface area (TPSA) is 105 Å². The lowest BCUT2D eigenvalue weighted by Gasteiger charge is -2.25. The zero-order valence-electron chi connectivity index (χ0n) is 34.9. The molecular weight excluding hydrogens is 695 g/mol. The predicted molar refractivity (Wildman–Crippen MR) is 230 cm³/mol. The van der Waals surface area contributed by atoms with E-state index in [-0.39, 0.29) is 25.5 Å². The van der Waals surface area contributed by atoms with Gasteiger partial charge in [-0.1, -0.05) is 163 Å². The van der Waals surface area contributed by atoms with Gasteiger partial charge in [0.25, 0.3) is 0 Å². The second kappa shape index (κ2) is 36.3. The molecule has 0 aromatic heterocycles. The first-order chi connectivity index (χ1) is 26.0. The van der Waals surface area contributed by atoms with E-state index in [2.05, 4.69) is 79.9 Å². The van der Waals surface area contributed by atoms with Crippen molar-refractivity contribution in [2.75, 3.05) is 40.9 Å². The van der Waals surface area contributed by atoms with E-state index in [1.165, 1.54) is 57.8 Å². The zero-order valence-corrected chi connectivity index (χ0v) is 35.8. The monoisotopic (exact) mass is 776 g/mol. The molecule has 0 aliphatic rings. The van der Waals surface area contributed by atoms with E-state index in [0.29, 0.717) is 17.4 Å². The van der Waals surface area contributed by atoms with Crippen molar-refractivity contribution in [3.63, 3.8) is 0 Å². The molecule has 0 heterocycles. The summed E-state index contributed by atoms with van der Waals surface area (Å²) in [7, 11) is 1.51. The number of rotatable bonds is 36. The van der Waals surface area contributed by atoms with Gasteiger partial charge in [-0.3, -0.25) is 13.8 Å². The van der Waals surface area contributed by atoms with E-state index in [0.717, 1.165) is 57.8 Å². The van der Waals surface area contributed by atoms with Crippen molar-refractivity contribution in [3.8, 4) is 0 Å². The number of carbonyl (C=O) groups excluding carboxylic acids is 1. The summed E-state index contributed by atoms with van der Waals surface area (Å²) in [4.78, 5) is 23.0. The lowest BCUT2D eigenvalue weighted by Crippen LogP contribution is -2.45. The molecule has 0 aliphatic heterocycles. The van der Waals surface area contributed by atoms with Gasteiger partial charge in [0.15, 0.2) is 0 Å². The van der Waals surface area contributed by atoms with Gasteiger partial charge in [0.1, 0.15) is 13.2 Å². The molecular formula is C45H80N2O6P+. The van der Waals surface area contributed by atoms with Crippen LogP contribution in [0.2, 0.25) is 0 Å². The van der Waals surface area contributed by atoms with Gasteiger partial charge in [-0.25, -0.2) is 4.57 Å². The number of hydrogen-bond acceptors (Lipinski definition) is 5. The average Bonchev–Trinajstić information content (AvgIpc) is 3.12. The third-order valence-electron chi connectivity index (χ3n) is 8.63. The Kier molecular flexibility index (Phi) is 34.8. The first-order valence-electron chi connectivity index (χ1n) is 21.0. The first kappa shape index (κ1) is 51.7. The minimum absolute atomic E-state index is 0.0433. The van der Waals surface area contributed by atoms with Gasteiger partial charge < -0.3 is 19.8 Å². The molecule has 310 valence electrons. The van der Waals surface area contributed by atoms with Crippen LogP contribution in [0.25, 0.3) is 0 Å². The van der Waals surface area contributed by atoms with Crippen LogP contribution in [0.3, 0.4) is 0 Å². The number of phosphoric ester groups is 1. The predicted octanol–water partition coefficient (Wildman–Crippen LogP) is 11.4. The van der Waals surface area contributed by atoms with Gasteiger partial charge in [0.2, 0.25) is 5.91 Å². The molecule has 3 atom stereocenters. The molecule has 0 aromatic rings. The smallest absolute Gasteiger partial charge is 0.387 e. The lowest BCUT2D eigenvalue weighted by atomic mass is 10.0. The van der Waals surface area contributed by atoms with Gasteiger partial charge in [-0.15, -0.1) is 0 Å². The van der Waals surface area contributed by atoms with Gasteiger partial charge in [-0.2, -0.15) is 0 Å². The van der Waals surface area contributed by atoms with Crippen molar-refractivity contribution in [1.82, 2.24) is 5.32 Å². The Morgan fingerprint density at radius 3 is 1.59 bits per heavy atom. The summed E-state index contributed by atoms with van der Waals surface area (Å²) in [6, 6.07) is -0.890. The average molecular weight is 776 g/mol. The molecule has 0 aliphatic carbocycles. The van der Waals surface area contributed by atoms with Gasteiger partial charge in [0, 0.05) is 6.42 Å². The number of carbonyl (C=O) groups is 1. The second-order valence-electron chi connectivity index (χ2n) is 15.0. The molecule has 0 radical (unpaired) electrons. The van der Waals surface area contributed by atoms with Crippen LogP contribution in [-0.4, -0.2) is 73.4 Å². The normalized spacial score (nSPS) is 15.3. The highest BCUT2D eigenvalue weighted by Crippen LogP contribution is 2.43. The van der Waals surface area contributed by atoms with Crippen LogP contribution in [0, 0.1) is 0 Å². The Labute approximate surface area is 331 Å². The minimum atomic E-state index is -4.36. The highest BCUT2D eigenvalue weighted by Gasteiger charge is 2.27. The summed E-state index contributed by atoms with van der Waals surface area (Å²) in [5, 5.41) is 13.7. The number of likely N-dealkylation sites (N-methyl/N-ethyl adjacent to an activating group) is 1. The minimum Gasteiger partial charge on any atom is -0.387 e. The molecule has 0 saturated heterocycles. The highest BCUT2D eigenvalue weighted by molar-refractivity contribution is 7.47. The van der Waals surface area contributed by atoms with Crippen LogP contribution in [0.1, 0.15) is 142 Å². The molecule has 3 N–H and O–H groups in total. The maximum atomic E-state index is 12.8. The van der Waals surface area contributed by atoms with Gasteiger partial charge in [0.05, 0.1) is 39.9 Å². The number of nitrogens with zero attached hydrogens (tertiary/aromatic N) is 1. The molecule has 9 heteroatoms. The fraction of sp³-hybridized carbons (Fsp3) is 0.667. The molecule has 1 amide bonds. The van der Waals surface area contributed by atoms with Crippen LogP contribution in [-0.2, 0) is 18.4 Å². The van der Waals surface area contributed by atoms with Crippen LogP contribution >= 0.6 is 7.82 Å². The highest BCUT2D eigenvalue weighted by atomic mass is 31.2. The van der Waals surface area contributed by atoms with E-state index < -0.39 is 20.0 Å². The van der Waals surface area contributed by atoms with E-state index >= 15 is 0 Å². The van der Waals surface area contributed by atoms with Crippen molar-refractivity contribution in [2.24, 2.45) is 0 Å². The fourth-order valence-corrected chi connectivity index (χ4v) is 6.03. The molecule has 8 nitrogen and oxygen atoms in total. The van der Waals surface area contributed by atoms with Crippen LogP contribution in [0.5, 0.6) is 0 Å². The summed E-state index contributed by atoms with van der Waals surface area (Å²) >= 11 is 0. The Morgan fingerprint density at radius 2 is 1.11 bits per heavy atom. The maximum absolute atomic E-state index is 12.8.